The van der Waals surface area contributed by atoms with Crippen molar-refractivity contribution in [3.63, 3.8) is 0 Å². The summed E-state index contributed by atoms with van der Waals surface area (Å²) in [6, 6.07) is 11.6. The molecule has 2 aromatic carbocycles. The second kappa shape index (κ2) is 8.05. The molecule has 3 rings (SSSR count). The van der Waals surface area contributed by atoms with Crippen LogP contribution in [0.15, 0.2) is 53.7 Å². The minimum Gasteiger partial charge on any atom is -0.382 e. The Bertz CT molecular complexity index is 990. The first-order valence-corrected chi connectivity index (χ1v) is 9.66. The van der Waals surface area contributed by atoms with Crippen LogP contribution in [0, 0.1) is 0 Å². The maximum absolute atomic E-state index is 12.6. The molecule has 138 valence electrons. The summed E-state index contributed by atoms with van der Waals surface area (Å²) in [7, 11) is -2.23. The monoisotopic (exact) mass is 395 g/mol. The molecule has 0 saturated heterocycles. The molecule has 1 aromatic heterocycles. The van der Waals surface area contributed by atoms with E-state index in [1.807, 2.05) is 0 Å². The topological polar surface area (TPSA) is 82.5 Å². The molecule has 26 heavy (non-hydrogen) atoms. The van der Waals surface area contributed by atoms with E-state index >= 15 is 0 Å². The van der Waals surface area contributed by atoms with Gasteiger partial charge in [0.25, 0.3) is 10.0 Å². The summed E-state index contributed by atoms with van der Waals surface area (Å²) in [5.74, 6) is 0. The van der Waals surface area contributed by atoms with Crippen LogP contribution in [-0.2, 0) is 26.2 Å². The lowest BCUT2D eigenvalue weighted by atomic mass is 10.3. The Morgan fingerprint density at radius 2 is 1.96 bits per heavy atom. The van der Waals surface area contributed by atoms with Gasteiger partial charge in [-0.05, 0) is 24.3 Å². The quantitative estimate of drug-likeness (QED) is 0.592. The Labute approximate surface area is 156 Å². The number of halogens is 1. The van der Waals surface area contributed by atoms with Gasteiger partial charge in [-0.2, -0.15) is 0 Å². The average Bonchev–Trinajstić information content (AvgIpc) is 3.00. The van der Waals surface area contributed by atoms with Gasteiger partial charge in [0.15, 0.2) is 0 Å². The maximum atomic E-state index is 12.6. The highest BCUT2D eigenvalue weighted by Gasteiger charge is 2.20. The van der Waals surface area contributed by atoms with Crippen molar-refractivity contribution in [2.24, 2.45) is 0 Å². The van der Waals surface area contributed by atoms with E-state index in [-0.39, 0.29) is 16.6 Å². The van der Waals surface area contributed by atoms with Crippen LogP contribution in [0.3, 0.4) is 0 Å². The molecule has 0 saturated carbocycles. The van der Waals surface area contributed by atoms with Gasteiger partial charge < -0.3 is 14.0 Å². The van der Waals surface area contributed by atoms with E-state index in [1.54, 1.807) is 54.4 Å². The number of rotatable bonds is 8. The van der Waals surface area contributed by atoms with Gasteiger partial charge in [-0.1, -0.05) is 29.8 Å². The van der Waals surface area contributed by atoms with Crippen molar-refractivity contribution in [2.75, 3.05) is 25.0 Å². The molecule has 0 radical (unpaired) electrons. The molecule has 0 fully saturated rings. The molecular weight excluding hydrogens is 378 g/mol. The van der Waals surface area contributed by atoms with Crippen LogP contribution in [0.1, 0.15) is 0 Å². The van der Waals surface area contributed by atoms with Crippen molar-refractivity contribution in [1.29, 1.82) is 0 Å². The van der Waals surface area contributed by atoms with Crippen molar-refractivity contribution >= 4 is 38.3 Å². The molecule has 1 N–H and O–H groups in total. The second-order valence-electron chi connectivity index (χ2n) is 5.49. The minimum atomic E-state index is -3.83. The van der Waals surface area contributed by atoms with Crippen molar-refractivity contribution in [1.82, 2.24) is 9.55 Å². The molecule has 0 bridgehead atoms. The maximum Gasteiger partial charge on any atom is 0.263 e. The zero-order valence-electron chi connectivity index (χ0n) is 14.1. The zero-order chi connectivity index (χ0) is 18.6. The number of anilines is 1. The number of imidazole rings is 1. The summed E-state index contributed by atoms with van der Waals surface area (Å²) in [4.78, 5) is 4.21. The predicted molar refractivity (Wildman–Crippen MR) is 99.8 cm³/mol. The van der Waals surface area contributed by atoms with Crippen molar-refractivity contribution in [2.45, 2.75) is 11.6 Å². The summed E-state index contributed by atoms with van der Waals surface area (Å²) in [6.07, 6.45) is 1.58. The Kier molecular flexibility index (Phi) is 5.77. The molecule has 1 heterocycles. The number of methoxy groups -OCH3 is 1. The fourth-order valence-corrected chi connectivity index (χ4v) is 3.99. The van der Waals surface area contributed by atoms with E-state index in [4.69, 9.17) is 21.1 Å². The Hall–Kier alpha value is -2.13. The summed E-state index contributed by atoms with van der Waals surface area (Å²) < 4.78 is 39.9. The molecule has 0 aliphatic carbocycles. The Morgan fingerprint density at radius 3 is 2.69 bits per heavy atom. The number of nitrogens with zero attached hydrogens (tertiary/aromatic N) is 2. The number of ether oxygens (including phenoxy) is 2. The van der Waals surface area contributed by atoms with E-state index in [0.717, 1.165) is 0 Å². The number of hydrogen-bond acceptors (Lipinski definition) is 5. The SMILES string of the molecule is COCCOCn1cnc2cc(S(=O)(=O)Nc3ccccc3)c(Cl)cc21. The lowest BCUT2D eigenvalue weighted by molar-refractivity contribution is 0.0358. The number of sulfonamides is 1. The van der Waals surface area contributed by atoms with E-state index in [9.17, 15) is 8.42 Å². The molecule has 0 aliphatic heterocycles. The lowest BCUT2D eigenvalue weighted by Gasteiger charge is -2.10. The molecule has 7 nitrogen and oxygen atoms in total. The third-order valence-electron chi connectivity index (χ3n) is 3.65. The van der Waals surface area contributed by atoms with E-state index in [0.29, 0.717) is 29.9 Å². The summed E-state index contributed by atoms with van der Waals surface area (Å²) in [5, 5.41) is 0.111. The molecule has 0 spiro atoms. The molecule has 0 unspecified atom stereocenters. The number of hydrogen-bond donors (Lipinski definition) is 1. The van der Waals surface area contributed by atoms with Crippen LogP contribution < -0.4 is 4.72 Å². The smallest absolute Gasteiger partial charge is 0.263 e. The highest BCUT2D eigenvalue weighted by Crippen LogP contribution is 2.28. The molecule has 0 atom stereocenters. The van der Waals surface area contributed by atoms with E-state index < -0.39 is 10.0 Å². The number of para-hydroxylation sites is 1. The van der Waals surface area contributed by atoms with Crippen LogP contribution in [-0.4, -0.2) is 38.3 Å². The molecule has 0 amide bonds. The first kappa shape index (κ1) is 18.7. The van der Waals surface area contributed by atoms with Crippen molar-refractivity contribution in [3.8, 4) is 0 Å². The first-order chi connectivity index (χ1) is 12.5. The fourth-order valence-electron chi connectivity index (χ4n) is 2.39. The first-order valence-electron chi connectivity index (χ1n) is 7.80. The van der Waals surface area contributed by atoms with Crippen LogP contribution >= 0.6 is 11.6 Å². The standard InChI is InChI=1S/C17H18ClN3O4S/c1-24-7-8-25-12-21-11-19-15-10-17(14(18)9-16(15)21)26(22,23)20-13-5-3-2-4-6-13/h2-6,9-11,20H,7-8,12H2,1H3. The second-order valence-corrected chi connectivity index (χ2v) is 7.55. The summed E-state index contributed by atoms with van der Waals surface area (Å²) in [5.41, 5.74) is 1.66. The van der Waals surface area contributed by atoms with Crippen LogP contribution in [0.2, 0.25) is 5.02 Å². The van der Waals surface area contributed by atoms with Gasteiger partial charge in [-0.15, -0.1) is 0 Å². The van der Waals surface area contributed by atoms with Crippen LogP contribution in [0.4, 0.5) is 5.69 Å². The lowest BCUT2D eigenvalue weighted by Crippen LogP contribution is -2.13. The van der Waals surface area contributed by atoms with Gasteiger partial charge in [0.05, 0.1) is 35.6 Å². The number of aromatic nitrogens is 2. The number of fused-ring (bicyclic) bond motifs is 1. The number of nitrogens with one attached hydrogen (secondary N) is 1. The van der Waals surface area contributed by atoms with E-state index in [2.05, 4.69) is 9.71 Å². The van der Waals surface area contributed by atoms with Gasteiger partial charge in [0, 0.05) is 12.8 Å². The number of benzene rings is 2. The summed E-state index contributed by atoms with van der Waals surface area (Å²) in [6.45, 7) is 1.20. The summed E-state index contributed by atoms with van der Waals surface area (Å²) >= 11 is 6.25. The van der Waals surface area contributed by atoms with Gasteiger partial charge in [-0.25, -0.2) is 13.4 Å². The molecule has 3 aromatic rings. The normalized spacial score (nSPS) is 11.8. The van der Waals surface area contributed by atoms with Gasteiger partial charge in [0.2, 0.25) is 0 Å². The largest absolute Gasteiger partial charge is 0.382 e. The van der Waals surface area contributed by atoms with Crippen LogP contribution in [0.5, 0.6) is 0 Å². The van der Waals surface area contributed by atoms with Gasteiger partial charge in [0.1, 0.15) is 11.6 Å². The van der Waals surface area contributed by atoms with Crippen molar-refractivity contribution in [3.05, 3.63) is 53.8 Å². The Balaban J connectivity index is 1.87. The average molecular weight is 396 g/mol. The van der Waals surface area contributed by atoms with Crippen LogP contribution in [0.25, 0.3) is 11.0 Å². The van der Waals surface area contributed by atoms with E-state index in [1.165, 1.54) is 6.07 Å². The van der Waals surface area contributed by atoms with Gasteiger partial charge >= 0.3 is 0 Å². The molecule has 0 aliphatic rings. The zero-order valence-corrected chi connectivity index (χ0v) is 15.6. The van der Waals surface area contributed by atoms with Gasteiger partial charge in [-0.3, -0.25) is 4.72 Å². The highest BCUT2D eigenvalue weighted by atomic mass is 35.5. The third-order valence-corrected chi connectivity index (χ3v) is 5.50. The molecular formula is C17H18ClN3O4S. The Morgan fingerprint density at radius 1 is 1.19 bits per heavy atom. The fraction of sp³-hybridized carbons (Fsp3) is 0.235. The van der Waals surface area contributed by atoms with Crippen molar-refractivity contribution < 1.29 is 17.9 Å². The highest BCUT2D eigenvalue weighted by molar-refractivity contribution is 7.92. The predicted octanol–water partition coefficient (Wildman–Crippen LogP) is 3.11. The minimum absolute atomic E-state index is 0.0268. The molecule has 9 heteroatoms. The third kappa shape index (κ3) is 4.16.